The number of hydrogen-bond acceptors (Lipinski definition) is 7. The van der Waals surface area contributed by atoms with Crippen LogP contribution >= 0.6 is 23.4 Å². The molecule has 0 bridgehead atoms. The molecule has 1 aliphatic heterocycles. The molecule has 0 radical (unpaired) electrons. The van der Waals surface area contributed by atoms with Gasteiger partial charge in [0, 0.05) is 18.0 Å². The Bertz CT molecular complexity index is 1110. The van der Waals surface area contributed by atoms with Crippen molar-refractivity contribution in [1.29, 1.82) is 5.26 Å². The van der Waals surface area contributed by atoms with Crippen molar-refractivity contribution >= 4 is 29.2 Å². The first-order valence-corrected chi connectivity index (χ1v) is 11.7. The summed E-state index contributed by atoms with van der Waals surface area (Å²) >= 11 is 8.05. The molecule has 5 rings (SSSR count). The molecule has 3 aromatic rings. The molecule has 6 nitrogen and oxygen atoms in total. The number of halogens is 1. The number of nitriles is 1. The molecule has 1 aromatic carbocycles. The molecular weight excluding hydrogens is 430 g/mol. The van der Waals surface area contributed by atoms with Crippen LogP contribution in [-0.4, -0.2) is 28.0 Å². The van der Waals surface area contributed by atoms with Gasteiger partial charge in [-0.2, -0.15) is 10.2 Å². The van der Waals surface area contributed by atoms with Gasteiger partial charge in [-0.15, -0.1) is 0 Å². The monoisotopic (exact) mass is 451 g/mol. The van der Waals surface area contributed by atoms with Crippen LogP contribution in [0.15, 0.2) is 51.2 Å². The molecule has 1 saturated heterocycles. The van der Waals surface area contributed by atoms with Gasteiger partial charge in [0.1, 0.15) is 23.2 Å². The summed E-state index contributed by atoms with van der Waals surface area (Å²) in [6.07, 6.45) is 13.1. The van der Waals surface area contributed by atoms with E-state index in [1.54, 1.807) is 0 Å². The van der Waals surface area contributed by atoms with E-state index < -0.39 is 0 Å². The first-order chi connectivity index (χ1) is 15.2. The highest BCUT2D eigenvalue weighted by Crippen LogP contribution is 2.46. The predicted molar refractivity (Wildman–Crippen MR) is 120 cm³/mol. The van der Waals surface area contributed by atoms with Crippen LogP contribution in [0.4, 0.5) is 5.82 Å². The first-order valence-electron chi connectivity index (χ1n) is 10.6. The third-order valence-electron chi connectivity index (χ3n) is 6.45. The number of piperidine rings is 1. The number of rotatable bonds is 4. The van der Waals surface area contributed by atoms with Gasteiger partial charge in [0.05, 0.1) is 23.0 Å². The summed E-state index contributed by atoms with van der Waals surface area (Å²) in [5.74, 6) is 1.27. The highest BCUT2D eigenvalue weighted by Gasteiger charge is 2.37. The van der Waals surface area contributed by atoms with Crippen molar-refractivity contribution in [2.45, 2.75) is 48.4 Å². The van der Waals surface area contributed by atoms with E-state index >= 15 is 0 Å². The van der Waals surface area contributed by atoms with Gasteiger partial charge in [-0.1, -0.05) is 42.3 Å². The summed E-state index contributed by atoms with van der Waals surface area (Å²) in [5, 5.41) is 10.2. The Balaban J connectivity index is 1.28. The number of oxazole rings is 1. The molecule has 0 N–H and O–H groups in total. The molecule has 0 unspecified atom stereocenters. The SMILES string of the molecule is N#Cc1coc(-c2cccc(Sc3cnc(N4CCC5(CCCC5)CC4)cn3)c2Cl)n1. The lowest BCUT2D eigenvalue weighted by Crippen LogP contribution is -2.39. The van der Waals surface area contributed by atoms with Crippen LogP contribution < -0.4 is 4.90 Å². The molecule has 8 heteroatoms. The molecule has 2 aromatic heterocycles. The summed E-state index contributed by atoms with van der Waals surface area (Å²) < 4.78 is 5.38. The maximum Gasteiger partial charge on any atom is 0.228 e. The Morgan fingerprint density at radius 1 is 1.10 bits per heavy atom. The van der Waals surface area contributed by atoms with Crippen LogP contribution in [0.25, 0.3) is 11.5 Å². The summed E-state index contributed by atoms with van der Waals surface area (Å²) in [6.45, 7) is 2.13. The summed E-state index contributed by atoms with van der Waals surface area (Å²) in [6, 6.07) is 7.59. The van der Waals surface area contributed by atoms with E-state index in [4.69, 9.17) is 21.3 Å². The molecule has 1 spiro atoms. The molecule has 2 aliphatic rings. The van der Waals surface area contributed by atoms with Gasteiger partial charge in [0.25, 0.3) is 0 Å². The second kappa shape index (κ2) is 8.52. The minimum absolute atomic E-state index is 0.224. The standard InChI is InChI=1S/C23H22ClN5OS/c24-21-17(22-28-16(12-25)15-30-22)4-3-5-18(21)31-20-14-26-19(13-27-20)29-10-8-23(9-11-29)6-1-2-7-23/h3-5,13-15H,1-2,6-11H2. The Labute approximate surface area is 190 Å². The lowest BCUT2D eigenvalue weighted by atomic mass is 9.77. The molecule has 0 atom stereocenters. The molecule has 158 valence electrons. The summed E-state index contributed by atoms with van der Waals surface area (Å²) in [4.78, 5) is 16.6. The zero-order chi connectivity index (χ0) is 21.3. The predicted octanol–water partition coefficient (Wildman–Crippen LogP) is 5.97. The number of nitrogens with zero attached hydrogens (tertiary/aromatic N) is 5. The molecule has 1 aliphatic carbocycles. The molecule has 3 heterocycles. The van der Waals surface area contributed by atoms with Crippen molar-refractivity contribution < 1.29 is 4.42 Å². The lowest BCUT2D eigenvalue weighted by molar-refractivity contribution is 0.226. The van der Waals surface area contributed by atoms with Crippen LogP contribution in [0.2, 0.25) is 5.02 Å². The number of hydrogen-bond donors (Lipinski definition) is 0. The van der Waals surface area contributed by atoms with E-state index in [1.165, 1.54) is 56.5 Å². The number of aromatic nitrogens is 3. The Kier molecular flexibility index (Phi) is 5.59. The molecular formula is C23H22ClN5OS. The zero-order valence-corrected chi connectivity index (χ0v) is 18.6. The largest absolute Gasteiger partial charge is 0.443 e. The molecule has 1 saturated carbocycles. The van der Waals surface area contributed by atoms with Crippen molar-refractivity contribution in [3.63, 3.8) is 0 Å². The van der Waals surface area contributed by atoms with Crippen LogP contribution in [0, 0.1) is 16.7 Å². The number of anilines is 1. The normalized spacial score (nSPS) is 17.7. The maximum atomic E-state index is 8.96. The summed E-state index contributed by atoms with van der Waals surface area (Å²) in [7, 11) is 0. The minimum atomic E-state index is 0.224. The van der Waals surface area contributed by atoms with Crippen molar-refractivity contribution in [2.24, 2.45) is 5.41 Å². The van der Waals surface area contributed by atoms with Crippen LogP contribution in [-0.2, 0) is 0 Å². The van der Waals surface area contributed by atoms with E-state index in [0.717, 1.165) is 28.8 Å². The Morgan fingerprint density at radius 3 is 2.58 bits per heavy atom. The number of benzene rings is 1. The van der Waals surface area contributed by atoms with Gasteiger partial charge in [0.15, 0.2) is 5.69 Å². The Morgan fingerprint density at radius 2 is 1.90 bits per heavy atom. The van der Waals surface area contributed by atoms with Gasteiger partial charge in [0.2, 0.25) is 5.89 Å². The second-order valence-electron chi connectivity index (χ2n) is 8.28. The van der Waals surface area contributed by atoms with E-state index in [-0.39, 0.29) is 5.69 Å². The van der Waals surface area contributed by atoms with Crippen molar-refractivity contribution in [2.75, 3.05) is 18.0 Å². The topological polar surface area (TPSA) is 78.8 Å². The molecule has 2 fully saturated rings. The fourth-order valence-electron chi connectivity index (χ4n) is 4.68. The molecule has 0 amide bonds. The highest BCUT2D eigenvalue weighted by molar-refractivity contribution is 7.99. The average molecular weight is 452 g/mol. The average Bonchev–Trinajstić information content (AvgIpc) is 3.46. The third-order valence-corrected chi connectivity index (χ3v) is 7.95. The van der Waals surface area contributed by atoms with Gasteiger partial charge >= 0.3 is 0 Å². The van der Waals surface area contributed by atoms with E-state index in [2.05, 4.69) is 19.9 Å². The van der Waals surface area contributed by atoms with Crippen molar-refractivity contribution in [3.05, 3.63) is 47.6 Å². The summed E-state index contributed by atoms with van der Waals surface area (Å²) in [5.41, 5.74) is 1.47. The van der Waals surface area contributed by atoms with Gasteiger partial charge < -0.3 is 9.32 Å². The van der Waals surface area contributed by atoms with E-state index in [0.29, 0.717) is 21.9 Å². The van der Waals surface area contributed by atoms with Crippen LogP contribution in [0.1, 0.15) is 44.2 Å². The molecule has 31 heavy (non-hydrogen) atoms. The fourth-order valence-corrected chi connectivity index (χ4v) is 5.78. The van der Waals surface area contributed by atoms with Crippen molar-refractivity contribution in [3.8, 4) is 17.5 Å². The van der Waals surface area contributed by atoms with E-state index in [9.17, 15) is 0 Å². The van der Waals surface area contributed by atoms with Gasteiger partial charge in [-0.25, -0.2) is 9.97 Å². The minimum Gasteiger partial charge on any atom is -0.443 e. The quantitative estimate of drug-likeness (QED) is 0.483. The van der Waals surface area contributed by atoms with Crippen molar-refractivity contribution in [1.82, 2.24) is 15.0 Å². The zero-order valence-electron chi connectivity index (χ0n) is 17.1. The van der Waals surface area contributed by atoms with Crippen LogP contribution in [0.3, 0.4) is 0 Å². The van der Waals surface area contributed by atoms with Gasteiger partial charge in [-0.3, -0.25) is 0 Å². The van der Waals surface area contributed by atoms with E-state index in [1.807, 2.05) is 36.7 Å². The smallest absolute Gasteiger partial charge is 0.228 e. The second-order valence-corrected chi connectivity index (χ2v) is 9.72. The third kappa shape index (κ3) is 4.15. The maximum absolute atomic E-state index is 8.96. The lowest BCUT2D eigenvalue weighted by Gasteiger charge is -2.39. The Hall–Kier alpha value is -2.56. The fraction of sp³-hybridized carbons (Fsp3) is 0.391. The van der Waals surface area contributed by atoms with Crippen LogP contribution in [0.5, 0.6) is 0 Å². The highest BCUT2D eigenvalue weighted by atomic mass is 35.5. The van der Waals surface area contributed by atoms with Gasteiger partial charge in [-0.05, 0) is 43.2 Å². The first kappa shape index (κ1) is 20.3.